The van der Waals surface area contributed by atoms with Crippen LogP contribution in [0.2, 0.25) is 0 Å². The Morgan fingerprint density at radius 1 is 1.67 bits per heavy atom. The molecule has 1 saturated heterocycles. The molecule has 1 rings (SSSR count). The van der Waals surface area contributed by atoms with Crippen molar-refractivity contribution in [2.45, 2.75) is 6.17 Å². The Kier molecular flexibility index (Phi) is 1.82. The second-order valence-electron chi connectivity index (χ2n) is 2.00. The number of rotatable bonds is 2. The van der Waals surface area contributed by atoms with Gasteiger partial charge in [0.25, 0.3) is 0 Å². The van der Waals surface area contributed by atoms with Crippen LogP contribution in [0, 0.1) is 0 Å². The van der Waals surface area contributed by atoms with E-state index in [0.29, 0.717) is 13.1 Å². The number of nitrogens with zero attached hydrogens (tertiary/aromatic N) is 2. The highest BCUT2D eigenvalue weighted by molar-refractivity contribution is 5.57. The summed E-state index contributed by atoms with van der Waals surface area (Å²) in [6.45, 7) is 4.36. The van der Waals surface area contributed by atoms with Crippen LogP contribution in [0.1, 0.15) is 0 Å². The van der Waals surface area contributed by atoms with Gasteiger partial charge in [-0.05, 0) is 0 Å². The number of hydrogen-bond acceptors (Lipinski definition) is 1. The summed E-state index contributed by atoms with van der Waals surface area (Å²) in [7, 11) is 0. The van der Waals surface area contributed by atoms with E-state index < -0.39 is 6.17 Å². The summed E-state index contributed by atoms with van der Waals surface area (Å²) in [5, 5.41) is 0. The molecule has 1 aliphatic rings. The van der Waals surface area contributed by atoms with Crippen LogP contribution in [0.15, 0.2) is 17.8 Å². The normalized spacial score (nSPS) is 20.3. The van der Waals surface area contributed by atoms with Crippen molar-refractivity contribution in [3.8, 4) is 0 Å². The summed E-state index contributed by atoms with van der Waals surface area (Å²) in [6.07, 6.45) is 2.38. The highest BCUT2D eigenvalue weighted by Crippen LogP contribution is 2.07. The standard InChI is InChI=1S/C6H9FN2/c1-2-8-5-9-3-6(7)4-9/h2,5-6H,1,3-4H2/b8-5-. The summed E-state index contributed by atoms with van der Waals surface area (Å²) < 4.78 is 12.1. The largest absolute Gasteiger partial charge is 0.357 e. The van der Waals surface area contributed by atoms with Gasteiger partial charge >= 0.3 is 0 Å². The molecular formula is C6H9FN2. The van der Waals surface area contributed by atoms with E-state index in [9.17, 15) is 4.39 Å². The Bertz CT molecular complexity index is 127. The molecule has 0 bridgehead atoms. The summed E-state index contributed by atoms with van der Waals surface area (Å²) in [5.74, 6) is 0. The smallest absolute Gasteiger partial charge is 0.135 e. The van der Waals surface area contributed by atoms with Crippen LogP contribution < -0.4 is 0 Å². The number of halogens is 1. The van der Waals surface area contributed by atoms with Gasteiger partial charge in [-0.1, -0.05) is 6.58 Å². The molecule has 0 spiro atoms. The van der Waals surface area contributed by atoms with Gasteiger partial charge in [0.05, 0.1) is 19.4 Å². The SMILES string of the molecule is C=C/N=C\N1CC(F)C1. The lowest BCUT2D eigenvalue weighted by atomic mass is 10.2. The maximum atomic E-state index is 12.1. The van der Waals surface area contributed by atoms with Crippen LogP contribution in [-0.2, 0) is 0 Å². The predicted octanol–water partition coefficient (Wildman–Crippen LogP) is 0.812. The van der Waals surface area contributed by atoms with E-state index >= 15 is 0 Å². The van der Waals surface area contributed by atoms with Gasteiger partial charge in [-0.2, -0.15) is 0 Å². The molecule has 0 amide bonds. The van der Waals surface area contributed by atoms with Crippen LogP contribution in [0.5, 0.6) is 0 Å². The first-order chi connectivity index (χ1) is 4.33. The number of likely N-dealkylation sites (tertiary alicyclic amines) is 1. The zero-order chi connectivity index (χ0) is 6.69. The maximum Gasteiger partial charge on any atom is 0.135 e. The molecule has 0 N–H and O–H groups in total. The second-order valence-corrected chi connectivity index (χ2v) is 2.00. The summed E-state index contributed by atoms with van der Waals surface area (Å²) in [5.41, 5.74) is 0. The molecule has 0 aromatic carbocycles. The zero-order valence-corrected chi connectivity index (χ0v) is 5.13. The van der Waals surface area contributed by atoms with Crippen LogP contribution in [0.3, 0.4) is 0 Å². The van der Waals surface area contributed by atoms with E-state index in [2.05, 4.69) is 11.6 Å². The van der Waals surface area contributed by atoms with Gasteiger partial charge in [0, 0.05) is 6.20 Å². The lowest BCUT2D eigenvalue weighted by Crippen LogP contribution is -2.47. The molecular weight excluding hydrogens is 119 g/mol. The monoisotopic (exact) mass is 128 g/mol. The molecule has 0 saturated carbocycles. The van der Waals surface area contributed by atoms with Crippen molar-refractivity contribution in [2.75, 3.05) is 13.1 Å². The fourth-order valence-corrected chi connectivity index (χ4v) is 0.691. The molecule has 0 aliphatic carbocycles. The van der Waals surface area contributed by atoms with E-state index in [4.69, 9.17) is 0 Å². The quantitative estimate of drug-likeness (QED) is 0.397. The van der Waals surface area contributed by atoms with Crippen LogP contribution in [0.4, 0.5) is 4.39 Å². The Balaban J connectivity index is 2.17. The van der Waals surface area contributed by atoms with Crippen molar-refractivity contribution in [2.24, 2.45) is 4.99 Å². The highest BCUT2D eigenvalue weighted by atomic mass is 19.1. The minimum absolute atomic E-state index is 0.483. The summed E-state index contributed by atoms with van der Waals surface area (Å²) in [4.78, 5) is 5.52. The number of hydrogen-bond donors (Lipinski definition) is 0. The average molecular weight is 128 g/mol. The van der Waals surface area contributed by atoms with Gasteiger partial charge in [0.1, 0.15) is 6.17 Å². The first kappa shape index (κ1) is 6.26. The maximum absolute atomic E-state index is 12.1. The number of aliphatic imine (C=N–C) groups is 1. The van der Waals surface area contributed by atoms with E-state index in [1.54, 1.807) is 11.2 Å². The van der Waals surface area contributed by atoms with Gasteiger partial charge < -0.3 is 4.90 Å². The first-order valence-corrected chi connectivity index (χ1v) is 2.85. The third-order valence-electron chi connectivity index (χ3n) is 1.20. The Morgan fingerprint density at radius 3 is 2.78 bits per heavy atom. The van der Waals surface area contributed by atoms with Gasteiger partial charge in [-0.15, -0.1) is 0 Å². The van der Waals surface area contributed by atoms with E-state index in [0.717, 1.165) is 0 Å². The van der Waals surface area contributed by atoms with Crippen molar-refractivity contribution in [1.82, 2.24) is 4.90 Å². The van der Waals surface area contributed by atoms with Crippen LogP contribution in [0.25, 0.3) is 0 Å². The van der Waals surface area contributed by atoms with Gasteiger partial charge in [-0.3, -0.25) is 0 Å². The fourth-order valence-electron chi connectivity index (χ4n) is 0.691. The van der Waals surface area contributed by atoms with Gasteiger partial charge in [0.15, 0.2) is 0 Å². The third kappa shape index (κ3) is 1.52. The topological polar surface area (TPSA) is 15.6 Å². The molecule has 1 fully saturated rings. The van der Waals surface area contributed by atoms with Crippen molar-refractivity contribution >= 4 is 6.34 Å². The van der Waals surface area contributed by atoms with E-state index in [-0.39, 0.29) is 0 Å². The van der Waals surface area contributed by atoms with Crippen molar-refractivity contribution in [3.63, 3.8) is 0 Å². The van der Waals surface area contributed by atoms with Gasteiger partial charge in [-0.25, -0.2) is 9.38 Å². The van der Waals surface area contributed by atoms with Crippen LogP contribution in [-0.4, -0.2) is 30.5 Å². The Labute approximate surface area is 53.7 Å². The molecule has 0 aromatic rings. The van der Waals surface area contributed by atoms with Crippen molar-refractivity contribution in [3.05, 3.63) is 12.8 Å². The summed E-state index contributed by atoms with van der Waals surface area (Å²) >= 11 is 0. The molecule has 3 heteroatoms. The minimum Gasteiger partial charge on any atom is -0.357 e. The molecule has 0 radical (unpaired) electrons. The lowest BCUT2D eigenvalue weighted by Gasteiger charge is -2.31. The first-order valence-electron chi connectivity index (χ1n) is 2.85. The molecule has 0 unspecified atom stereocenters. The molecule has 1 aliphatic heterocycles. The van der Waals surface area contributed by atoms with E-state index in [1.807, 2.05) is 0 Å². The number of alkyl halides is 1. The van der Waals surface area contributed by atoms with E-state index in [1.165, 1.54) is 6.20 Å². The Hall–Kier alpha value is -0.860. The minimum atomic E-state index is -0.652. The zero-order valence-electron chi connectivity index (χ0n) is 5.13. The second kappa shape index (κ2) is 2.62. The molecule has 0 aromatic heterocycles. The Morgan fingerprint density at radius 2 is 2.33 bits per heavy atom. The third-order valence-corrected chi connectivity index (χ3v) is 1.20. The summed E-state index contributed by atoms with van der Waals surface area (Å²) in [6, 6.07) is 0. The van der Waals surface area contributed by atoms with Gasteiger partial charge in [0.2, 0.25) is 0 Å². The van der Waals surface area contributed by atoms with Crippen LogP contribution >= 0.6 is 0 Å². The average Bonchev–Trinajstić information content (AvgIpc) is 1.78. The molecule has 1 heterocycles. The molecule has 0 atom stereocenters. The van der Waals surface area contributed by atoms with Crippen molar-refractivity contribution < 1.29 is 4.39 Å². The van der Waals surface area contributed by atoms with Crippen molar-refractivity contribution in [1.29, 1.82) is 0 Å². The highest BCUT2D eigenvalue weighted by Gasteiger charge is 2.22. The molecule has 50 valence electrons. The fraction of sp³-hybridized carbons (Fsp3) is 0.500. The predicted molar refractivity (Wildman–Crippen MR) is 35.2 cm³/mol. The molecule has 2 nitrogen and oxygen atoms in total. The molecule has 9 heavy (non-hydrogen) atoms. The lowest BCUT2D eigenvalue weighted by molar-refractivity contribution is 0.136.